The molecular formula is C21H21N3O3. The molecule has 0 spiro atoms. The molecule has 2 aromatic carbocycles. The maximum absolute atomic E-state index is 12.6. The van der Waals surface area contributed by atoms with Crippen LogP contribution in [0.3, 0.4) is 0 Å². The third-order valence-electron chi connectivity index (χ3n) is 5.38. The van der Waals surface area contributed by atoms with Crippen molar-refractivity contribution in [3.05, 3.63) is 80.4 Å². The van der Waals surface area contributed by atoms with E-state index in [1.165, 1.54) is 10.1 Å². The van der Waals surface area contributed by atoms with Gasteiger partial charge in [-0.15, -0.1) is 0 Å². The van der Waals surface area contributed by atoms with Gasteiger partial charge in [-0.1, -0.05) is 30.3 Å². The fourth-order valence-electron chi connectivity index (χ4n) is 3.60. The highest BCUT2D eigenvalue weighted by molar-refractivity contribution is 5.97. The van der Waals surface area contributed by atoms with Gasteiger partial charge in [0.15, 0.2) is 0 Å². The van der Waals surface area contributed by atoms with Gasteiger partial charge in [-0.3, -0.25) is 14.4 Å². The quantitative estimate of drug-likeness (QED) is 0.682. The molecule has 1 aliphatic rings. The van der Waals surface area contributed by atoms with Gasteiger partial charge in [0.25, 0.3) is 5.91 Å². The minimum atomic E-state index is -0.678. The van der Waals surface area contributed by atoms with Crippen molar-refractivity contribution in [2.75, 3.05) is 6.54 Å². The first-order valence-corrected chi connectivity index (χ1v) is 9.15. The van der Waals surface area contributed by atoms with Gasteiger partial charge in [0.1, 0.15) is 0 Å². The van der Waals surface area contributed by atoms with Gasteiger partial charge in [0, 0.05) is 24.1 Å². The molecule has 1 heterocycles. The third-order valence-corrected chi connectivity index (χ3v) is 5.38. The van der Waals surface area contributed by atoms with Crippen LogP contribution in [0.4, 0.5) is 0 Å². The summed E-state index contributed by atoms with van der Waals surface area (Å²) in [6.45, 7) is 2.78. The molecule has 1 amide bonds. The van der Waals surface area contributed by atoms with Gasteiger partial charge in [-0.2, -0.15) is 0 Å². The molecule has 0 bridgehead atoms. The predicted octanol–water partition coefficient (Wildman–Crippen LogP) is 2.17. The average molecular weight is 363 g/mol. The number of nitrogens with one attached hydrogen (secondary N) is 2. The summed E-state index contributed by atoms with van der Waals surface area (Å²) in [7, 11) is 0. The number of hydrogen-bond acceptors (Lipinski definition) is 3. The SMILES string of the molecule is CCn1c(=O)c(=O)[nH]c2cc(C(=O)NCC3(c4ccccc4)CC3)ccc21. The molecule has 1 aromatic heterocycles. The van der Waals surface area contributed by atoms with Gasteiger partial charge in [-0.25, -0.2) is 0 Å². The lowest BCUT2D eigenvalue weighted by molar-refractivity contribution is 0.0950. The number of amides is 1. The minimum absolute atomic E-state index is 0.0325. The predicted molar refractivity (Wildman–Crippen MR) is 104 cm³/mol. The van der Waals surface area contributed by atoms with Crippen LogP contribution in [0, 0.1) is 0 Å². The second-order valence-electron chi connectivity index (χ2n) is 7.06. The average Bonchev–Trinajstić information content (AvgIpc) is 3.49. The number of carbonyl (C=O) groups is 1. The lowest BCUT2D eigenvalue weighted by Crippen LogP contribution is -2.36. The topological polar surface area (TPSA) is 84.0 Å². The molecule has 0 aliphatic heterocycles. The van der Waals surface area contributed by atoms with E-state index in [1.54, 1.807) is 25.1 Å². The highest BCUT2D eigenvalue weighted by Crippen LogP contribution is 2.47. The number of fused-ring (bicyclic) bond motifs is 1. The highest BCUT2D eigenvalue weighted by Gasteiger charge is 2.44. The Hall–Kier alpha value is -3.15. The lowest BCUT2D eigenvalue weighted by atomic mass is 9.96. The van der Waals surface area contributed by atoms with E-state index in [1.807, 2.05) is 18.2 Å². The Bertz CT molecular complexity index is 1120. The zero-order valence-electron chi connectivity index (χ0n) is 15.1. The summed E-state index contributed by atoms with van der Waals surface area (Å²) in [5, 5.41) is 3.02. The molecule has 0 atom stereocenters. The second kappa shape index (κ2) is 6.54. The number of aromatic nitrogens is 2. The van der Waals surface area contributed by atoms with E-state index in [2.05, 4.69) is 22.4 Å². The van der Waals surface area contributed by atoms with E-state index < -0.39 is 11.1 Å². The first-order chi connectivity index (χ1) is 13.0. The molecule has 138 valence electrons. The molecule has 4 rings (SSSR count). The molecule has 6 nitrogen and oxygen atoms in total. The highest BCUT2D eigenvalue weighted by atomic mass is 16.2. The molecule has 1 aliphatic carbocycles. The largest absolute Gasteiger partial charge is 0.351 e. The molecule has 0 saturated heterocycles. The number of H-pyrrole nitrogens is 1. The Morgan fingerprint density at radius 1 is 1.15 bits per heavy atom. The van der Waals surface area contributed by atoms with Crippen LogP contribution in [0.25, 0.3) is 11.0 Å². The first-order valence-electron chi connectivity index (χ1n) is 9.15. The van der Waals surface area contributed by atoms with E-state index in [-0.39, 0.29) is 11.3 Å². The van der Waals surface area contributed by atoms with Crippen LogP contribution in [0.5, 0.6) is 0 Å². The van der Waals surface area contributed by atoms with Crippen LogP contribution in [-0.4, -0.2) is 22.0 Å². The fourth-order valence-corrected chi connectivity index (χ4v) is 3.60. The van der Waals surface area contributed by atoms with Crippen molar-refractivity contribution in [2.45, 2.75) is 31.7 Å². The van der Waals surface area contributed by atoms with Crippen molar-refractivity contribution >= 4 is 16.9 Å². The van der Waals surface area contributed by atoms with Crippen LogP contribution in [0.2, 0.25) is 0 Å². The van der Waals surface area contributed by atoms with Gasteiger partial charge >= 0.3 is 11.1 Å². The van der Waals surface area contributed by atoms with E-state index in [9.17, 15) is 14.4 Å². The molecule has 1 fully saturated rings. The molecule has 1 saturated carbocycles. The first kappa shape index (κ1) is 17.3. The molecule has 0 unspecified atom stereocenters. The Balaban J connectivity index is 1.58. The molecule has 6 heteroatoms. The number of hydrogen-bond donors (Lipinski definition) is 2. The summed E-state index contributed by atoms with van der Waals surface area (Å²) < 4.78 is 1.41. The molecular weight excluding hydrogens is 342 g/mol. The summed E-state index contributed by atoms with van der Waals surface area (Å²) in [6.07, 6.45) is 2.12. The van der Waals surface area contributed by atoms with Crippen molar-refractivity contribution in [1.82, 2.24) is 14.9 Å². The Kier molecular flexibility index (Phi) is 4.18. The van der Waals surface area contributed by atoms with E-state index in [0.717, 1.165) is 12.8 Å². The van der Waals surface area contributed by atoms with Crippen molar-refractivity contribution < 1.29 is 4.79 Å². The number of benzene rings is 2. The molecule has 3 aromatic rings. The summed E-state index contributed by atoms with van der Waals surface area (Å²) in [4.78, 5) is 39.0. The molecule has 0 radical (unpaired) electrons. The van der Waals surface area contributed by atoms with Gasteiger partial charge in [-0.05, 0) is 43.5 Å². The normalized spacial score (nSPS) is 14.9. The minimum Gasteiger partial charge on any atom is -0.351 e. The van der Waals surface area contributed by atoms with Crippen molar-refractivity contribution in [3.63, 3.8) is 0 Å². The fraction of sp³-hybridized carbons (Fsp3) is 0.286. The number of rotatable bonds is 5. The van der Waals surface area contributed by atoms with Crippen LogP contribution in [-0.2, 0) is 12.0 Å². The summed E-state index contributed by atoms with van der Waals surface area (Å²) in [5.74, 6) is -0.186. The maximum atomic E-state index is 12.6. The number of aryl methyl sites for hydroxylation is 1. The maximum Gasteiger partial charge on any atom is 0.316 e. The standard InChI is InChI=1S/C21H21N3O3/c1-2-24-17-9-8-14(12-16(17)23-19(26)20(24)27)18(25)22-13-21(10-11-21)15-6-4-3-5-7-15/h3-9,12H,2,10-11,13H2,1H3,(H,22,25)(H,23,26). The van der Waals surface area contributed by atoms with Crippen LogP contribution >= 0.6 is 0 Å². The summed E-state index contributed by atoms with van der Waals surface area (Å²) in [6, 6.07) is 15.2. The Morgan fingerprint density at radius 2 is 1.89 bits per heavy atom. The van der Waals surface area contributed by atoms with Crippen molar-refractivity contribution in [1.29, 1.82) is 0 Å². The number of nitrogens with zero attached hydrogens (tertiary/aromatic N) is 1. The van der Waals surface area contributed by atoms with Crippen LogP contribution in [0.1, 0.15) is 35.7 Å². The van der Waals surface area contributed by atoms with Gasteiger partial charge in [0.05, 0.1) is 11.0 Å². The van der Waals surface area contributed by atoms with Gasteiger partial charge in [0.2, 0.25) is 0 Å². The number of aromatic amines is 1. The van der Waals surface area contributed by atoms with E-state index >= 15 is 0 Å². The molecule has 2 N–H and O–H groups in total. The smallest absolute Gasteiger partial charge is 0.316 e. The second-order valence-corrected chi connectivity index (χ2v) is 7.06. The Labute approximate surface area is 155 Å². The van der Waals surface area contributed by atoms with Gasteiger partial charge < -0.3 is 14.9 Å². The van der Waals surface area contributed by atoms with E-state index in [0.29, 0.717) is 29.7 Å². The Morgan fingerprint density at radius 3 is 2.56 bits per heavy atom. The zero-order chi connectivity index (χ0) is 19.0. The van der Waals surface area contributed by atoms with Crippen LogP contribution < -0.4 is 16.4 Å². The molecule has 27 heavy (non-hydrogen) atoms. The van der Waals surface area contributed by atoms with Crippen molar-refractivity contribution in [3.8, 4) is 0 Å². The zero-order valence-corrected chi connectivity index (χ0v) is 15.1. The third kappa shape index (κ3) is 3.07. The monoisotopic (exact) mass is 363 g/mol. The lowest BCUT2D eigenvalue weighted by Gasteiger charge is -2.17. The summed E-state index contributed by atoms with van der Waals surface area (Å²) >= 11 is 0. The van der Waals surface area contributed by atoms with E-state index in [4.69, 9.17) is 0 Å². The summed E-state index contributed by atoms with van der Waals surface area (Å²) in [5.41, 5.74) is 1.58. The van der Waals surface area contributed by atoms with Crippen LogP contribution in [0.15, 0.2) is 58.1 Å². The van der Waals surface area contributed by atoms with Crippen molar-refractivity contribution in [2.24, 2.45) is 0 Å². The number of carbonyl (C=O) groups excluding carboxylic acids is 1.